The second kappa shape index (κ2) is 5.39. The molecule has 1 N–H and O–H groups in total. The summed E-state index contributed by atoms with van der Waals surface area (Å²) in [7, 11) is 3.23. The first-order chi connectivity index (χ1) is 11.8. The lowest BCUT2D eigenvalue weighted by Crippen LogP contribution is -2.58. The van der Waals surface area contributed by atoms with Crippen molar-refractivity contribution in [2.24, 2.45) is 22.2 Å². The van der Waals surface area contributed by atoms with Gasteiger partial charge in [0.05, 0.1) is 19.6 Å². The van der Waals surface area contributed by atoms with Crippen molar-refractivity contribution in [1.29, 1.82) is 0 Å². The number of benzene rings is 1. The van der Waals surface area contributed by atoms with Gasteiger partial charge in [-0.1, -0.05) is 13.8 Å². The van der Waals surface area contributed by atoms with Crippen molar-refractivity contribution >= 4 is 11.6 Å². The summed E-state index contributed by atoms with van der Waals surface area (Å²) in [5.41, 5.74) is 1.26. The fraction of sp³-hybridized carbons (Fsp3) is 0.667. The zero-order chi connectivity index (χ0) is 17.9. The summed E-state index contributed by atoms with van der Waals surface area (Å²) in [6.07, 6.45) is 7.00. The molecule has 25 heavy (non-hydrogen) atoms. The second-order valence-corrected chi connectivity index (χ2v) is 9.43. The number of ether oxygens (including phenoxy) is 2. The smallest absolute Gasteiger partial charge is 0.230 e. The predicted octanol–water partition coefficient (Wildman–Crippen LogP) is 4.64. The molecule has 1 aromatic rings. The van der Waals surface area contributed by atoms with Gasteiger partial charge < -0.3 is 14.8 Å². The molecule has 0 spiro atoms. The highest BCUT2D eigenvalue weighted by molar-refractivity contribution is 5.96. The molecule has 0 heterocycles. The van der Waals surface area contributed by atoms with E-state index in [-0.39, 0.29) is 11.3 Å². The molecule has 5 rings (SSSR count). The number of carbonyl (C=O) groups excluding carboxylic acids is 1. The van der Waals surface area contributed by atoms with Gasteiger partial charge >= 0.3 is 0 Å². The van der Waals surface area contributed by atoms with Crippen molar-refractivity contribution in [2.45, 2.75) is 52.4 Å². The molecule has 136 valence electrons. The maximum Gasteiger partial charge on any atom is 0.230 e. The first-order valence-electron chi connectivity index (χ1n) is 9.32. The van der Waals surface area contributed by atoms with Crippen LogP contribution in [0.5, 0.6) is 11.5 Å². The lowest BCUT2D eigenvalue weighted by atomic mass is 9.40. The minimum absolute atomic E-state index is 0.196. The molecule has 4 aliphatic carbocycles. The zero-order valence-corrected chi connectivity index (χ0v) is 15.8. The minimum atomic E-state index is -0.198. The topological polar surface area (TPSA) is 47.6 Å². The number of methoxy groups -OCH3 is 2. The molecule has 0 radical (unpaired) electrons. The molecule has 4 heteroatoms. The van der Waals surface area contributed by atoms with Crippen LogP contribution in [0.25, 0.3) is 0 Å². The van der Waals surface area contributed by atoms with Gasteiger partial charge in [0.1, 0.15) is 0 Å². The van der Waals surface area contributed by atoms with Gasteiger partial charge in [0.2, 0.25) is 5.91 Å². The average Bonchev–Trinajstić information content (AvgIpc) is 2.51. The van der Waals surface area contributed by atoms with Crippen LogP contribution in [0.15, 0.2) is 18.2 Å². The lowest BCUT2D eigenvalue weighted by molar-refractivity contribution is -0.165. The summed E-state index contributed by atoms with van der Waals surface area (Å²) >= 11 is 0. The molecular formula is C21H29NO3. The van der Waals surface area contributed by atoms with Crippen molar-refractivity contribution in [3.8, 4) is 11.5 Å². The van der Waals surface area contributed by atoms with E-state index in [1.807, 2.05) is 18.2 Å². The Morgan fingerprint density at radius 1 is 1.00 bits per heavy atom. The van der Waals surface area contributed by atoms with Crippen LogP contribution in [0.1, 0.15) is 52.4 Å². The van der Waals surface area contributed by atoms with Crippen LogP contribution < -0.4 is 14.8 Å². The van der Waals surface area contributed by atoms with Gasteiger partial charge in [0.25, 0.3) is 0 Å². The zero-order valence-electron chi connectivity index (χ0n) is 15.8. The van der Waals surface area contributed by atoms with Gasteiger partial charge in [-0.3, -0.25) is 4.79 Å². The first-order valence-corrected chi connectivity index (χ1v) is 9.32. The van der Waals surface area contributed by atoms with Crippen LogP contribution in [-0.4, -0.2) is 20.1 Å². The Bertz CT molecular complexity index is 695. The highest BCUT2D eigenvalue weighted by Gasteiger charge is 2.62. The molecule has 4 bridgehead atoms. The largest absolute Gasteiger partial charge is 0.493 e. The highest BCUT2D eigenvalue weighted by Crippen LogP contribution is 2.69. The maximum atomic E-state index is 13.3. The van der Waals surface area contributed by atoms with Crippen molar-refractivity contribution in [2.75, 3.05) is 19.5 Å². The Labute approximate surface area is 150 Å². The maximum absolute atomic E-state index is 13.3. The van der Waals surface area contributed by atoms with E-state index in [1.165, 1.54) is 19.3 Å². The van der Waals surface area contributed by atoms with Gasteiger partial charge in [0.15, 0.2) is 11.5 Å². The van der Waals surface area contributed by atoms with E-state index < -0.39 is 0 Å². The molecule has 2 atom stereocenters. The highest BCUT2D eigenvalue weighted by atomic mass is 16.5. The van der Waals surface area contributed by atoms with E-state index in [4.69, 9.17) is 9.47 Å². The van der Waals surface area contributed by atoms with Crippen LogP contribution in [0, 0.1) is 22.2 Å². The molecule has 4 nitrogen and oxygen atoms in total. The summed E-state index contributed by atoms with van der Waals surface area (Å²) in [5.74, 6) is 2.23. The Hall–Kier alpha value is -1.71. The Morgan fingerprint density at radius 3 is 2.20 bits per heavy atom. The Morgan fingerprint density at radius 2 is 1.64 bits per heavy atom. The molecule has 0 saturated heterocycles. The number of carbonyl (C=O) groups is 1. The number of nitrogens with one attached hydrogen (secondary N) is 1. The van der Waals surface area contributed by atoms with Crippen LogP contribution in [0.2, 0.25) is 0 Å². The second-order valence-electron chi connectivity index (χ2n) is 9.43. The molecule has 0 aromatic heterocycles. The van der Waals surface area contributed by atoms with E-state index in [2.05, 4.69) is 19.2 Å². The molecule has 1 aromatic carbocycles. The fourth-order valence-corrected chi connectivity index (χ4v) is 6.88. The van der Waals surface area contributed by atoms with Gasteiger partial charge in [-0.05, 0) is 67.4 Å². The van der Waals surface area contributed by atoms with Crippen molar-refractivity contribution in [1.82, 2.24) is 0 Å². The van der Waals surface area contributed by atoms with Crippen LogP contribution in [0.3, 0.4) is 0 Å². The van der Waals surface area contributed by atoms with Crippen molar-refractivity contribution in [3.63, 3.8) is 0 Å². The third kappa shape index (κ3) is 2.70. The summed E-state index contributed by atoms with van der Waals surface area (Å²) in [6.45, 7) is 4.79. The number of anilines is 1. The van der Waals surface area contributed by atoms with Gasteiger partial charge in [-0.15, -0.1) is 0 Å². The van der Waals surface area contributed by atoms with Crippen LogP contribution in [0.4, 0.5) is 5.69 Å². The molecule has 4 saturated carbocycles. The Balaban J connectivity index is 1.59. The third-order valence-electron chi connectivity index (χ3n) is 6.75. The first kappa shape index (κ1) is 16.7. The van der Waals surface area contributed by atoms with E-state index in [1.54, 1.807) is 14.2 Å². The fourth-order valence-electron chi connectivity index (χ4n) is 6.88. The number of hydrogen-bond donors (Lipinski definition) is 1. The van der Waals surface area contributed by atoms with E-state index in [0.717, 1.165) is 24.9 Å². The van der Waals surface area contributed by atoms with E-state index >= 15 is 0 Å². The molecule has 0 aliphatic heterocycles. The van der Waals surface area contributed by atoms with Crippen LogP contribution >= 0.6 is 0 Å². The third-order valence-corrected chi connectivity index (χ3v) is 6.75. The van der Waals surface area contributed by atoms with E-state index in [0.29, 0.717) is 28.2 Å². The standard InChI is InChI=1S/C21H29NO3/c1-19-8-14-9-20(2,11-19)13-21(10-14,12-19)18(23)22-15-5-6-16(24-3)17(7-15)25-4/h5-7,14H,8-13H2,1-4H3,(H,22,23)/t14?,19-,20-,21?/m0/s1. The van der Waals surface area contributed by atoms with Gasteiger partial charge in [0, 0.05) is 11.8 Å². The molecule has 4 fully saturated rings. The number of amides is 1. The molecule has 0 unspecified atom stereocenters. The average molecular weight is 343 g/mol. The quantitative estimate of drug-likeness (QED) is 0.866. The summed E-state index contributed by atoms with van der Waals surface area (Å²) in [4.78, 5) is 13.3. The SMILES string of the molecule is COc1ccc(NC(=O)C23CC4C[C@](C)(C2)C[C@](C)(C4)C3)cc1OC. The van der Waals surface area contributed by atoms with Gasteiger partial charge in [-0.25, -0.2) is 0 Å². The Kier molecular flexibility index (Phi) is 3.61. The minimum Gasteiger partial charge on any atom is -0.493 e. The predicted molar refractivity (Wildman–Crippen MR) is 98.0 cm³/mol. The van der Waals surface area contributed by atoms with Crippen molar-refractivity contribution < 1.29 is 14.3 Å². The monoisotopic (exact) mass is 343 g/mol. The molecule has 4 aliphatic rings. The van der Waals surface area contributed by atoms with Crippen LogP contribution in [-0.2, 0) is 4.79 Å². The van der Waals surface area contributed by atoms with E-state index in [9.17, 15) is 4.79 Å². The number of rotatable bonds is 4. The summed E-state index contributed by atoms with van der Waals surface area (Å²) < 4.78 is 10.6. The van der Waals surface area contributed by atoms with Gasteiger partial charge in [-0.2, -0.15) is 0 Å². The van der Waals surface area contributed by atoms with Crippen molar-refractivity contribution in [3.05, 3.63) is 18.2 Å². The molecular weight excluding hydrogens is 314 g/mol. The summed E-state index contributed by atoms with van der Waals surface area (Å²) in [5, 5.41) is 3.18. The summed E-state index contributed by atoms with van der Waals surface area (Å²) in [6, 6.07) is 5.58. The molecule has 1 amide bonds. The number of hydrogen-bond acceptors (Lipinski definition) is 3. The normalized spacial score (nSPS) is 38.5. The lowest BCUT2D eigenvalue weighted by Gasteiger charge is -2.64.